The third-order valence-electron chi connectivity index (χ3n) is 11.3. The van der Waals surface area contributed by atoms with Crippen molar-refractivity contribution in [2.24, 2.45) is 15.9 Å². The number of hydrogen-bond acceptors (Lipinski definition) is 6. The Morgan fingerprint density at radius 1 is 1.10 bits per heavy atom. The second kappa shape index (κ2) is 15.9. The first-order valence-electron chi connectivity index (χ1n) is 19.3. The molecule has 0 spiro atoms. The Bertz CT molecular complexity index is 1800. The average molecular weight is 697 g/mol. The number of hydrogen-bond donors (Lipinski definition) is 2. The summed E-state index contributed by atoms with van der Waals surface area (Å²) in [6.45, 7) is 17.1. The highest BCUT2D eigenvalue weighted by Gasteiger charge is 2.45. The molecule has 2 N–H and O–H groups in total. The molecule has 274 valence electrons. The number of amidine groups is 1. The first-order valence-corrected chi connectivity index (χ1v) is 19.3. The van der Waals surface area contributed by atoms with Gasteiger partial charge in [0.15, 0.2) is 0 Å². The highest BCUT2D eigenvalue weighted by molar-refractivity contribution is 6.39. The number of aromatic hydroxyl groups is 1. The van der Waals surface area contributed by atoms with Crippen molar-refractivity contribution in [2.75, 3.05) is 39.4 Å². The van der Waals surface area contributed by atoms with E-state index < -0.39 is 0 Å². The number of benzene rings is 2. The van der Waals surface area contributed by atoms with Crippen molar-refractivity contribution in [1.29, 1.82) is 0 Å². The number of aliphatic hydroxyl groups excluding tert-OH is 1. The molecule has 2 aromatic carbocycles. The van der Waals surface area contributed by atoms with Crippen molar-refractivity contribution >= 4 is 27.9 Å². The lowest BCUT2D eigenvalue weighted by Gasteiger charge is -2.37. The zero-order chi connectivity index (χ0) is 36.3. The Morgan fingerprint density at radius 3 is 2.45 bits per heavy atom. The number of ether oxygens (including phenoxy) is 1. The molecule has 7 nitrogen and oxygen atoms in total. The van der Waals surface area contributed by atoms with E-state index in [1.165, 1.54) is 31.7 Å². The van der Waals surface area contributed by atoms with Gasteiger partial charge in [-0.05, 0) is 156 Å². The first kappa shape index (κ1) is 37.0. The second-order valence-corrected chi connectivity index (χ2v) is 15.1. The van der Waals surface area contributed by atoms with Gasteiger partial charge in [-0.25, -0.2) is 4.39 Å². The Kier molecular flexibility index (Phi) is 11.5. The maximum atomic E-state index is 15.3. The van der Waals surface area contributed by atoms with Crippen LogP contribution in [0, 0.1) is 11.7 Å². The standard InChI is InChI=1S/C43H57FN4O3/c1-7-12-38(51-27-43-17-10-19-48(43)20-11-18-43)46-42(47-21-15-30(26-49)16-22-47)39-29(6)23-36(41(34(39)9-3)45-28(4)5)35-25-32(50)24-31-13-14-37(44)33(8-2)40(31)35/h9,12-14,23-25,28,30,49-50H,7-8,10-11,15-22,26-27H2,1-6H3/b34-9-,38-12-,45-41?,46-42+. The predicted molar refractivity (Wildman–Crippen MR) is 208 cm³/mol. The number of halogens is 1. The van der Waals surface area contributed by atoms with Gasteiger partial charge in [0.05, 0.1) is 11.3 Å². The molecule has 3 heterocycles. The van der Waals surface area contributed by atoms with Gasteiger partial charge in [0, 0.05) is 42.5 Å². The molecule has 0 aromatic heterocycles. The molecule has 0 saturated carbocycles. The van der Waals surface area contributed by atoms with E-state index in [2.05, 4.69) is 55.7 Å². The Morgan fingerprint density at radius 2 is 1.82 bits per heavy atom. The van der Waals surface area contributed by atoms with E-state index >= 15 is 4.39 Å². The average Bonchev–Trinajstić information content (AvgIpc) is 3.70. The van der Waals surface area contributed by atoms with Gasteiger partial charge < -0.3 is 19.8 Å². The van der Waals surface area contributed by atoms with Gasteiger partial charge in [0.1, 0.15) is 24.0 Å². The normalized spacial score (nSPS) is 22.2. The summed E-state index contributed by atoms with van der Waals surface area (Å²) in [5.41, 5.74) is 6.14. The number of aryl methyl sites for hydroxylation is 1. The summed E-state index contributed by atoms with van der Waals surface area (Å²) in [7, 11) is 0. The van der Waals surface area contributed by atoms with Gasteiger partial charge in [-0.2, -0.15) is 4.99 Å². The predicted octanol–water partition coefficient (Wildman–Crippen LogP) is 8.76. The lowest BCUT2D eigenvalue weighted by Crippen LogP contribution is -2.43. The summed E-state index contributed by atoms with van der Waals surface area (Å²) >= 11 is 0. The number of allylic oxidation sites excluding steroid dienone is 5. The van der Waals surface area contributed by atoms with E-state index in [1.54, 1.807) is 18.2 Å². The molecule has 3 aliphatic heterocycles. The molecular formula is C43H57FN4O3. The maximum Gasteiger partial charge on any atom is 0.211 e. The zero-order valence-corrected chi connectivity index (χ0v) is 31.6. The van der Waals surface area contributed by atoms with E-state index in [9.17, 15) is 10.2 Å². The third-order valence-corrected chi connectivity index (χ3v) is 11.3. The van der Waals surface area contributed by atoms with Crippen molar-refractivity contribution in [2.45, 2.75) is 104 Å². The van der Waals surface area contributed by atoms with Gasteiger partial charge in [-0.15, -0.1) is 0 Å². The molecule has 2 aromatic rings. The fourth-order valence-corrected chi connectivity index (χ4v) is 8.77. The molecule has 4 aliphatic rings. The van der Waals surface area contributed by atoms with E-state index in [-0.39, 0.29) is 35.7 Å². The number of rotatable bonds is 10. The minimum atomic E-state index is -0.247. The zero-order valence-electron chi connectivity index (χ0n) is 31.6. The summed E-state index contributed by atoms with van der Waals surface area (Å²) in [4.78, 5) is 15.7. The van der Waals surface area contributed by atoms with Gasteiger partial charge in [-0.3, -0.25) is 9.89 Å². The summed E-state index contributed by atoms with van der Waals surface area (Å²) in [6.07, 6.45) is 14.2. The number of nitrogens with zero attached hydrogens (tertiary/aromatic N) is 4. The monoisotopic (exact) mass is 696 g/mol. The van der Waals surface area contributed by atoms with E-state index in [0.717, 1.165) is 95.6 Å². The number of piperidine rings is 1. The van der Waals surface area contributed by atoms with E-state index in [1.807, 2.05) is 13.8 Å². The fraction of sp³-hybridized carbons (Fsp3) is 0.535. The van der Waals surface area contributed by atoms with Crippen LogP contribution < -0.4 is 0 Å². The van der Waals surface area contributed by atoms with Crippen molar-refractivity contribution in [1.82, 2.24) is 9.80 Å². The molecular weight excluding hydrogens is 639 g/mol. The van der Waals surface area contributed by atoms with Crippen LogP contribution in [-0.2, 0) is 11.2 Å². The summed E-state index contributed by atoms with van der Waals surface area (Å²) in [5, 5.41) is 22.6. The number of aliphatic hydroxyl groups is 1. The lowest BCUT2D eigenvalue weighted by molar-refractivity contribution is 0.0716. The smallest absolute Gasteiger partial charge is 0.211 e. The van der Waals surface area contributed by atoms with Gasteiger partial charge in [-0.1, -0.05) is 26.0 Å². The quantitative estimate of drug-likeness (QED) is 0.148. The number of fused-ring (bicyclic) bond motifs is 2. The molecule has 1 aliphatic carbocycles. The van der Waals surface area contributed by atoms with E-state index in [4.69, 9.17) is 14.7 Å². The van der Waals surface area contributed by atoms with Crippen LogP contribution in [0.2, 0.25) is 0 Å². The Labute approximate surface area is 304 Å². The second-order valence-electron chi connectivity index (χ2n) is 15.1. The third kappa shape index (κ3) is 7.45. The van der Waals surface area contributed by atoms with Crippen LogP contribution in [0.4, 0.5) is 4.39 Å². The first-order chi connectivity index (χ1) is 24.6. The van der Waals surface area contributed by atoms with Gasteiger partial charge in [0.25, 0.3) is 0 Å². The fourth-order valence-electron chi connectivity index (χ4n) is 8.77. The summed E-state index contributed by atoms with van der Waals surface area (Å²) in [6, 6.07) is 6.69. The minimum Gasteiger partial charge on any atom is -0.508 e. The molecule has 0 radical (unpaired) electrons. The van der Waals surface area contributed by atoms with E-state index in [0.29, 0.717) is 24.5 Å². The molecule has 8 heteroatoms. The molecule has 0 bridgehead atoms. The SMILES string of the molecule is C/C=C1\C(=NC(C)C)C(c2cc(O)cc3ccc(F)c(CC)c23)=CC(C)=C1/C(=N\C(=C\CC)OCC12CCCN1CCC2)N1CCC(CO)CC1. The Balaban J connectivity index is 1.53. The maximum absolute atomic E-state index is 15.3. The molecule has 51 heavy (non-hydrogen) atoms. The van der Waals surface area contributed by atoms with Crippen LogP contribution in [0.1, 0.15) is 97.6 Å². The van der Waals surface area contributed by atoms with Crippen LogP contribution in [0.5, 0.6) is 5.75 Å². The van der Waals surface area contributed by atoms with Crippen LogP contribution in [0.3, 0.4) is 0 Å². The van der Waals surface area contributed by atoms with Gasteiger partial charge in [0.2, 0.25) is 5.88 Å². The van der Waals surface area contributed by atoms with Crippen molar-refractivity contribution < 1.29 is 19.3 Å². The van der Waals surface area contributed by atoms with Crippen molar-refractivity contribution in [3.05, 3.63) is 82.0 Å². The molecule has 3 saturated heterocycles. The van der Waals surface area contributed by atoms with Gasteiger partial charge >= 0.3 is 0 Å². The molecule has 6 rings (SSSR count). The molecule has 0 unspecified atom stereocenters. The van der Waals surface area contributed by atoms with Crippen LogP contribution >= 0.6 is 0 Å². The Hall–Kier alpha value is -3.75. The summed E-state index contributed by atoms with van der Waals surface area (Å²) < 4.78 is 22.1. The minimum absolute atomic E-state index is 0.0245. The van der Waals surface area contributed by atoms with Crippen LogP contribution in [0.15, 0.2) is 75.1 Å². The highest BCUT2D eigenvalue weighted by atomic mass is 19.1. The molecule has 0 amide bonds. The van der Waals surface area contributed by atoms with Crippen molar-refractivity contribution in [3.8, 4) is 5.75 Å². The molecule has 3 fully saturated rings. The van der Waals surface area contributed by atoms with Crippen LogP contribution in [-0.4, -0.2) is 82.5 Å². The molecule has 0 atom stereocenters. The summed E-state index contributed by atoms with van der Waals surface area (Å²) in [5.74, 6) is 1.67. The number of likely N-dealkylation sites (tertiary alicyclic amines) is 1. The highest BCUT2D eigenvalue weighted by Crippen LogP contribution is 2.42. The lowest BCUT2D eigenvalue weighted by atomic mass is 9.80. The number of phenols is 1. The van der Waals surface area contributed by atoms with Crippen LogP contribution in [0.25, 0.3) is 16.3 Å². The van der Waals surface area contributed by atoms with Crippen molar-refractivity contribution in [3.63, 3.8) is 0 Å². The number of aliphatic imine (C=N–C) groups is 2. The largest absolute Gasteiger partial charge is 0.508 e. The number of phenolic OH excluding ortho intramolecular Hbond substituents is 1. The topological polar surface area (TPSA) is 80.9 Å².